The van der Waals surface area contributed by atoms with E-state index in [9.17, 15) is 18.0 Å². The summed E-state index contributed by atoms with van der Waals surface area (Å²) >= 11 is 5.85. The Morgan fingerprint density at radius 2 is 1.92 bits per heavy atom. The number of carbonyl (C=O) groups is 1. The van der Waals surface area contributed by atoms with Crippen molar-refractivity contribution in [1.29, 1.82) is 0 Å². The predicted molar refractivity (Wildman–Crippen MR) is 86.4 cm³/mol. The molecule has 2 aromatic carbocycles. The fourth-order valence-corrected chi connectivity index (χ4v) is 2.23. The second-order valence-corrected chi connectivity index (χ2v) is 5.67. The molecule has 0 aromatic heterocycles. The van der Waals surface area contributed by atoms with Gasteiger partial charge in [-0.3, -0.25) is 4.79 Å². The van der Waals surface area contributed by atoms with Crippen LogP contribution in [0.4, 0.5) is 18.9 Å². The Hall–Kier alpha value is -2.21. The van der Waals surface area contributed by atoms with Gasteiger partial charge in [0.1, 0.15) is 5.75 Å². The molecular formula is C17H15ClF3NO2. The van der Waals surface area contributed by atoms with E-state index in [0.717, 1.165) is 17.7 Å². The summed E-state index contributed by atoms with van der Waals surface area (Å²) in [4.78, 5) is 12.1. The summed E-state index contributed by atoms with van der Waals surface area (Å²) in [5.41, 5.74) is -0.0262. The molecular weight excluding hydrogens is 343 g/mol. The lowest BCUT2D eigenvalue weighted by Crippen LogP contribution is -2.30. The quantitative estimate of drug-likeness (QED) is 0.829. The van der Waals surface area contributed by atoms with Crippen molar-refractivity contribution >= 4 is 23.2 Å². The van der Waals surface area contributed by atoms with Crippen molar-refractivity contribution in [2.24, 2.45) is 0 Å². The second kappa shape index (κ2) is 7.13. The van der Waals surface area contributed by atoms with Gasteiger partial charge in [-0.1, -0.05) is 17.7 Å². The Bertz CT molecular complexity index is 747. The molecule has 0 aliphatic heterocycles. The van der Waals surface area contributed by atoms with Crippen LogP contribution in [0.2, 0.25) is 5.02 Å². The summed E-state index contributed by atoms with van der Waals surface area (Å²) in [6.45, 7) is 3.29. The van der Waals surface area contributed by atoms with E-state index in [1.54, 1.807) is 25.1 Å². The zero-order valence-corrected chi connectivity index (χ0v) is 13.7. The molecule has 0 saturated carbocycles. The number of hydrogen-bond acceptors (Lipinski definition) is 2. The summed E-state index contributed by atoms with van der Waals surface area (Å²) in [5.74, 6) is -0.0743. The standard InChI is InChI=1S/C17H15ClF3NO2/c1-10-8-13(18)6-7-15(10)24-11(2)16(23)22-14-5-3-4-12(9-14)17(19,20)21/h3-9,11H,1-2H3,(H,22,23). The summed E-state index contributed by atoms with van der Waals surface area (Å²) in [5, 5.41) is 2.96. The van der Waals surface area contributed by atoms with Gasteiger partial charge in [-0.05, 0) is 55.8 Å². The average molecular weight is 358 g/mol. The van der Waals surface area contributed by atoms with Crippen molar-refractivity contribution in [3.8, 4) is 5.75 Å². The molecule has 0 bridgehead atoms. The van der Waals surface area contributed by atoms with Gasteiger partial charge in [-0.25, -0.2) is 0 Å². The Labute approximate surface area is 142 Å². The van der Waals surface area contributed by atoms with E-state index in [4.69, 9.17) is 16.3 Å². The van der Waals surface area contributed by atoms with Crippen LogP contribution in [0.25, 0.3) is 0 Å². The van der Waals surface area contributed by atoms with Crippen molar-refractivity contribution in [3.63, 3.8) is 0 Å². The maximum absolute atomic E-state index is 12.7. The Kier molecular flexibility index (Phi) is 5.39. The Morgan fingerprint density at radius 3 is 2.54 bits per heavy atom. The van der Waals surface area contributed by atoms with E-state index in [-0.39, 0.29) is 5.69 Å². The molecule has 0 aliphatic rings. The molecule has 1 amide bonds. The lowest BCUT2D eigenvalue weighted by Gasteiger charge is -2.17. The topological polar surface area (TPSA) is 38.3 Å². The minimum atomic E-state index is -4.47. The van der Waals surface area contributed by atoms with Crippen LogP contribution in [-0.2, 0) is 11.0 Å². The molecule has 2 aromatic rings. The van der Waals surface area contributed by atoms with Gasteiger partial charge in [0, 0.05) is 10.7 Å². The van der Waals surface area contributed by atoms with Crippen molar-refractivity contribution < 1.29 is 22.7 Å². The van der Waals surface area contributed by atoms with Gasteiger partial charge in [0.05, 0.1) is 5.56 Å². The highest BCUT2D eigenvalue weighted by Crippen LogP contribution is 2.30. The Morgan fingerprint density at radius 1 is 1.21 bits per heavy atom. The fraction of sp³-hybridized carbons (Fsp3) is 0.235. The van der Waals surface area contributed by atoms with Crippen LogP contribution in [-0.4, -0.2) is 12.0 Å². The number of hydrogen-bond donors (Lipinski definition) is 1. The lowest BCUT2D eigenvalue weighted by molar-refractivity contribution is -0.137. The number of rotatable bonds is 4. The molecule has 1 unspecified atom stereocenters. The third-order valence-corrected chi connectivity index (χ3v) is 3.50. The summed E-state index contributed by atoms with van der Waals surface area (Å²) < 4.78 is 43.6. The molecule has 1 N–H and O–H groups in total. The van der Waals surface area contributed by atoms with E-state index < -0.39 is 23.8 Å². The molecule has 7 heteroatoms. The lowest BCUT2D eigenvalue weighted by atomic mass is 10.2. The molecule has 128 valence electrons. The molecule has 0 spiro atoms. The molecule has 1 atom stereocenters. The van der Waals surface area contributed by atoms with E-state index in [0.29, 0.717) is 10.8 Å². The summed E-state index contributed by atoms with van der Waals surface area (Å²) in [6.07, 6.45) is -5.36. The number of alkyl halides is 3. The zero-order valence-electron chi connectivity index (χ0n) is 12.9. The van der Waals surface area contributed by atoms with Crippen LogP contribution in [0.1, 0.15) is 18.1 Å². The van der Waals surface area contributed by atoms with Gasteiger partial charge in [0.15, 0.2) is 6.10 Å². The van der Waals surface area contributed by atoms with Gasteiger partial charge in [0.2, 0.25) is 0 Å². The number of ether oxygens (including phenoxy) is 1. The van der Waals surface area contributed by atoms with Gasteiger partial charge in [-0.15, -0.1) is 0 Å². The van der Waals surface area contributed by atoms with Crippen molar-refractivity contribution in [2.75, 3.05) is 5.32 Å². The van der Waals surface area contributed by atoms with E-state index in [1.165, 1.54) is 19.1 Å². The van der Waals surface area contributed by atoms with Crippen LogP contribution < -0.4 is 10.1 Å². The molecule has 0 fully saturated rings. The summed E-state index contributed by atoms with van der Waals surface area (Å²) in [7, 11) is 0. The van der Waals surface area contributed by atoms with Crippen molar-refractivity contribution in [2.45, 2.75) is 26.1 Å². The molecule has 0 saturated heterocycles. The monoisotopic (exact) mass is 357 g/mol. The van der Waals surface area contributed by atoms with E-state index in [1.807, 2.05) is 0 Å². The number of anilines is 1. The normalized spacial score (nSPS) is 12.6. The third kappa shape index (κ3) is 4.64. The van der Waals surface area contributed by atoms with Gasteiger partial charge in [-0.2, -0.15) is 13.2 Å². The largest absolute Gasteiger partial charge is 0.481 e. The number of carbonyl (C=O) groups excluding carboxylic acids is 1. The molecule has 0 heterocycles. The summed E-state index contributed by atoms with van der Waals surface area (Å²) in [6, 6.07) is 9.37. The van der Waals surface area contributed by atoms with Crippen LogP contribution in [0.3, 0.4) is 0 Å². The highest BCUT2D eigenvalue weighted by atomic mass is 35.5. The minimum Gasteiger partial charge on any atom is -0.481 e. The van der Waals surface area contributed by atoms with E-state index in [2.05, 4.69) is 5.32 Å². The SMILES string of the molecule is Cc1cc(Cl)ccc1OC(C)C(=O)Nc1cccc(C(F)(F)F)c1. The number of nitrogens with one attached hydrogen (secondary N) is 1. The molecule has 0 radical (unpaired) electrons. The van der Waals surface area contributed by atoms with Crippen LogP contribution in [0.5, 0.6) is 5.75 Å². The van der Waals surface area contributed by atoms with Gasteiger partial charge < -0.3 is 10.1 Å². The first-order valence-corrected chi connectivity index (χ1v) is 7.45. The zero-order chi connectivity index (χ0) is 17.9. The predicted octanol–water partition coefficient (Wildman–Crippen LogP) is 5.07. The number of aryl methyl sites for hydroxylation is 1. The highest BCUT2D eigenvalue weighted by molar-refractivity contribution is 6.30. The molecule has 0 aliphatic carbocycles. The van der Waals surface area contributed by atoms with E-state index >= 15 is 0 Å². The second-order valence-electron chi connectivity index (χ2n) is 5.24. The van der Waals surface area contributed by atoms with Crippen molar-refractivity contribution in [1.82, 2.24) is 0 Å². The third-order valence-electron chi connectivity index (χ3n) is 3.27. The van der Waals surface area contributed by atoms with Gasteiger partial charge in [0.25, 0.3) is 5.91 Å². The Balaban J connectivity index is 2.06. The number of amides is 1. The van der Waals surface area contributed by atoms with Crippen LogP contribution in [0, 0.1) is 6.92 Å². The van der Waals surface area contributed by atoms with Crippen molar-refractivity contribution in [3.05, 3.63) is 58.6 Å². The highest BCUT2D eigenvalue weighted by Gasteiger charge is 2.30. The average Bonchev–Trinajstić information content (AvgIpc) is 2.49. The molecule has 24 heavy (non-hydrogen) atoms. The number of benzene rings is 2. The van der Waals surface area contributed by atoms with Crippen LogP contribution in [0.15, 0.2) is 42.5 Å². The van der Waals surface area contributed by atoms with Gasteiger partial charge >= 0.3 is 6.18 Å². The smallest absolute Gasteiger partial charge is 0.416 e. The first-order valence-electron chi connectivity index (χ1n) is 7.08. The molecule has 2 rings (SSSR count). The molecule has 3 nitrogen and oxygen atoms in total. The first-order chi connectivity index (χ1) is 11.2. The van der Waals surface area contributed by atoms with Crippen LogP contribution >= 0.6 is 11.6 Å². The maximum atomic E-state index is 12.7. The maximum Gasteiger partial charge on any atom is 0.416 e. The minimum absolute atomic E-state index is 0.0538. The fourth-order valence-electron chi connectivity index (χ4n) is 2.01. The first kappa shape index (κ1) is 18.1. The number of halogens is 4.